The van der Waals surface area contributed by atoms with Crippen LogP contribution in [0.3, 0.4) is 0 Å². The molecule has 0 saturated carbocycles. The monoisotopic (exact) mass is 386 g/mol. The van der Waals surface area contributed by atoms with Gasteiger partial charge in [-0.25, -0.2) is 18.4 Å². The van der Waals surface area contributed by atoms with Gasteiger partial charge in [-0.3, -0.25) is 4.72 Å². The molecule has 0 saturated heterocycles. The molecular weight excluding hydrogens is 372 g/mol. The molecule has 0 spiro atoms. The molecule has 28 heavy (non-hydrogen) atoms. The molecule has 4 aromatic rings. The van der Waals surface area contributed by atoms with Crippen molar-refractivity contribution >= 4 is 26.7 Å². The molecule has 0 unspecified atom stereocenters. The van der Waals surface area contributed by atoms with E-state index in [1.54, 1.807) is 36.5 Å². The molecule has 0 radical (unpaired) electrons. The highest BCUT2D eigenvalue weighted by Crippen LogP contribution is 2.23. The number of hydrogen-bond acceptors (Lipinski definition) is 5. The van der Waals surface area contributed by atoms with Crippen molar-refractivity contribution in [1.82, 2.24) is 9.97 Å². The van der Waals surface area contributed by atoms with E-state index in [-0.39, 0.29) is 10.7 Å². The second-order valence-corrected chi connectivity index (χ2v) is 7.75. The van der Waals surface area contributed by atoms with Crippen molar-refractivity contribution in [3.63, 3.8) is 0 Å². The van der Waals surface area contributed by atoms with Crippen molar-refractivity contribution in [2.75, 3.05) is 4.72 Å². The normalized spacial score (nSPS) is 11.1. The van der Waals surface area contributed by atoms with Crippen LogP contribution in [0.4, 0.5) is 5.82 Å². The molecule has 2 heterocycles. The van der Waals surface area contributed by atoms with Crippen molar-refractivity contribution in [2.24, 2.45) is 0 Å². The zero-order chi connectivity index (χ0) is 19.6. The zero-order valence-corrected chi connectivity index (χ0v) is 15.4. The first kappa shape index (κ1) is 17.6. The highest BCUT2D eigenvalue weighted by Gasteiger charge is 2.15. The number of rotatable bonds is 4. The van der Waals surface area contributed by atoms with Crippen LogP contribution in [0.5, 0.6) is 0 Å². The lowest BCUT2D eigenvalue weighted by atomic mass is 10.1. The number of sulfonamides is 1. The second kappa shape index (κ2) is 7.10. The van der Waals surface area contributed by atoms with Crippen molar-refractivity contribution in [3.8, 4) is 17.2 Å². The van der Waals surface area contributed by atoms with Gasteiger partial charge in [-0.1, -0.05) is 30.3 Å². The first-order valence-corrected chi connectivity index (χ1v) is 9.89. The topological polar surface area (TPSA) is 95.7 Å². The van der Waals surface area contributed by atoms with Gasteiger partial charge in [0.05, 0.1) is 10.4 Å². The molecule has 2 aromatic carbocycles. The van der Waals surface area contributed by atoms with E-state index in [0.29, 0.717) is 11.2 Å². The van der Waals surface area contributed by atoms with E-state index in [1.807, 2.05) is 36.4 Å². The van der Waals surface area contributed by atoms with E-state index in [9.17, 15) is 8.42 Å². The number of para-hydroxylation sites is 1. The van der Waals surface area contributed by atoms with Crippen LogP contribution >= 0.6 is 0 Å². The molecule has 4 rings (SSSR count). The van der Waals surface area contributed by atoms with Gasteiger partial charge < -0.3 is 0 Å². The van der Waals surface area contributed by atoms with Gasteiger partial charge in [-0.2, -0.15) is 5.26 Å². The maximum absolute atomic E-state index is 12.7. The standard InChI is InChI=1S/C21H14N4O2S/c22-13-18-9-5-17(14-23-18)15-6-10-19(11-7-15)28(26,27)25-21-12-8-16-3-1-2-4-20(16)24-21/h1-12,14H,(H,24,25). The summed E-state index contributed by atoms with van der Waals surface area (Å²) in [6, 6.07) is 22.8. The number of nitriles is 1. The molecule has 6 nitrogen and oxygen atoms in total. The molecule has 136 valence electrons. The van der Waals surface area contributed by atoms with E-state index in [0.717, 1.165) is 16.5 Å². The largest absolute Gasteiger partial charge is 0.263 e. The van der Waals surface area contributed by atoms with Gasteiger partial charge in [0.1, 0.15) is 17.6 Å². The van der Waals surface area contributed by atoms with E-state index >= 15 is 0 Å². The molecule has 0 bridgehead atoms. The smallest absolute Gasteiger partial charge is 0.263 e. The fraction of sp³-hybridized carbons (Fsp3) is 0. The fourth-order valence-electron chi connectivity index (χ4n) is 2.78. The first-order valence-electron chi connectivity index (χ1n) is 8.40. The Kier molecular flexibility index (Phi) is 4.47. The minimum atomic E-state index is -3.76. The minimum Gasteiger partial charge on any atom is -0.263 e. The Labute approximate surface area is 162 Å². The van der Waals surface area contributed by atoms with Gasteiger partial charge in [-0.05, 0) is 48.0 Å². The number of benzene rings is 2. The third-order valence-corrected chi connectivity index (χ3v) is 5.58. The summed E-state index contributed by atoms with van der Waals surface area (Å²) in [6.45, 7) is 0. The Morgan fingerprint density at radius 1 is 0.857 bits per heavy atom. The fourth-order valence-corrected chi connectivity index (χ4v) is 3.78. The number of nitrogens with zero attached hydrogens (tertiary/aromatic N) is 3. The Bertz CT molecular complexity index is 1290. The van der Waals surface area contributed by atoms with Gasteiger partial charge in [0.2, 0.25) is 0 Å². The van der Waals surface area contributed by atoms with Crippen LogP contribution in [-0.2, 0) is 10.0 Å². The van der Waals surface area contributed by atoms with E-state index < -0.39 is 10.0 Å². The minimum absolute atomic E-state index is 0.132. The van der Waals surface area contributed by atoms with Gasteiger partial charge in [0.15, 0.2) is 0 Å². The van der Waals surface area contributed by atoms with Gasteiger partial charge >= 0.3 is 0 Å². The zero-order valence-electron chi connectivity index (χ0n) is 14.6. The Hall–Kier alpha value is -3.76. The van der Waals surface area contributed by atoms with Crippen molar-refractivity contribution in [1.29, 1.82) is 5.26 Å². The molecule has 2 aromatic heterocycles. The second-order valence-electron chi connectivity index (χ2n) is 6.06. The molecule has 1 N–H and O–H groups in total. The molecule has 7 heteroatoms. The third-order valence-electron chi connectivity index (χ3n) is 4.21. The van der Waals surface area contributed by atoms with Crippen LogP contribution in [-0.4, -0.2) is 18.4 Å². The Balaban J connectivity index is 1.58. The molecule has 0 amide bonds. The highest BCUT2D eigenvalue weighted by molar-refractivity contribution is 7.92. The summed E-state index contributed by atoms with van der Waals surface area (Å²) in [5.74, 6) is 0.263. The van der Waals surface area contributed by atoms with E-state index in [4.69, 9.17) is 5.26 Å². The predicted molar refractivity (Wildman–Crippen MR) is 107 cm³/mol. The van der Waals surface area contributed by atoms with Crippen molar-refractivity contribution in [2.45, 2.75) is 4.90 Å². The lowest BCUT2D eigenvalue weighted by molar-refractivity contribution is 0.601. The van der Waals surface area contributed by atoms with Crippen LogP contribution in [0.2, 0.25) is 0 Å². The van der Waals surface area contributed by atoms with Crippen LogP contribution in [0.25, 0.3) is 22.0 Å². The lowest BCUT2D eigenvalue weighted by Crippen LogP contribution is -2.13. The number of fused-ring (bicyclic) bond motifs is 1. The number of hydrogen-bond donors (Lipinski definition) is 1. The van der Waals surface area contributed by atoms with Gasteiger partial charge in [-0.15, -0.1) is 0 Å². The summed E-state index contributed by atoms with van der Waals surface area (Å²) < 4.78 is 27.9. The number of aromatic nitrogens is 2. The van der Waals surface area contributed by atoms with Crippen LogP contribution in [0, 0.1) is 11.3 Å². The van der Waals surface area contributed by atoms with Crippen LogP contribution in [0.15, 0.2) is 83.9 Å². The van der Waals surface area contributed by atoms with E-state index in [2.05, 4.69) is 14.7 Å². The Morgan fingerprint density at radius 3 is 2.32 bits per heavy atom. The average Bonchev–Trinajstić information content (AvgIpc) is 2.73. The van der Waals surface area contributed by atoms with Crippen LogP contribution in [0.1, 0.15) is 5.69 Å². The lowest BCUT2D eigenvalue weighted by Gasteiger charge is -2.09. The summed E-state index contributed by atoms with van der Waals surface area (Å²) in [6.07, 6.45) is 1.58. The van der Waals surface area contributed by atoms with Gasteiger partial charge in [0.25, 0.3) is 10.0 Å². The average molecular weight is 386 g/mol. The SMILES string of the molecule is N#Cc1ccc(-c2ccc(S(=O)(=O)Nc3ccc4ccccc4n3)cc2)cn1. The maximum atomic E-state index is 12.7. The summed E-state index contributed by atoms with van der Waals surface area (Å²) in [7, 11) is -3.76. The summed E-state index contributed by atoms with van der Waals surface area (Å²) >= 11 is 0. The molecule has 0 fully saturated rings. The van der Waals surface area contributed by atoms with Gasteiger partial charge in [0, 0.05) is 17.1 Å². The van der Waals surface area contributed by atoms with Crippen LogP contribution < -0.4 is 4.72 Å². The van der Waals surface area contributed by atoms with Crippen molar-refractivity contribution < 1.29 is 8.42 Å². The molecule has 0 aliphatic rings. The molecule has 0 atom stereocenters. The molecular formula is C21H14N4O2S. The van der Waals surface area contributed by atoms with E-state index in [1.165, 1.54) is 12.1 Å². The third kappa shape index (κ3) is 3.54. The summed E-state index contributed by atoms with van der Waals surface area (Å²) in [5, 5.41) is 9.75. The predicted octanol–water partition coefficient (Wildman–Crippen LogP) is 3.97. The maximum Gasteiger partial charge on any atom is 0.263 e. The summed E-state index contributed by atoms with van der Waals surface area (Å²) in [4.78, 5) is 8.50. The molecule has 0 aliphatic heterocycles. The van der Waals surface area contributed by atoms with Crippen molar-refractivity contribution in [3.05, 3.63) is 84.7 Å². The number of pyridine rings is 2. The quantitative estimate of drug-likeness (QED) is 0.572. The molecule has 0 aliphatic carbocycles. The number of nitrogens with one attached hydrogen (secondary N) is 1. The Morgan fingerprint density at radius 2 is 1.61 bits per heavy atom. The summed E-state index contributed by atoms with van der Waals surface area (Å²) in [5.41, 5.74) is 2.65. The highest BCUT2D eigenvalue weighted by atomic mass is 32.2. The number of anilines is 1. The first-order chi connectivity index (χ1) is 13.5.